The predicted molar refractivity (Wildman–Crippen MR) is 77.1 cm³/mol. The first kappa shape index (κ1) is 13.0. The molecule has 0 atom stereocenters. The van der Waals surface area contributed by atoms with Crippen molar-refractivity contribution >= 4 is 10.8 Å². The molecule has 3 aromatic rings. The average molecular weight is 284 g/mol. The zero-order valence-corrected chi connectivity index (χ0v) is 11.1. The van der Waals surface area contributed by atoms with E-state index >= 15 is 0 Å². The van der Waals surface area contributed by atoms with Crippen molar-refractivity contribution in [3.8, 4) is 22.9 Å². The summed E-state index contributed by atoms with van der Waals surface area (Å²) in [6.45, 7) is 1.68. The van der Waals surface area contributed by atoms with Crippen molar-refractivity contribution in [2.24, 2.45) is 0 Å². The van der Waals surface area contributed by atoms with Crippen LogP contribution in [0.4, 0.5) is 0 Å². The maximum absolute atomic E-state index is 12.5. The van der Waals surface area contributed by atoms with Gasteiger partial charge in [-0.2, -0.15) is 9.78 Å². The van der Waals surface area contributed by atoms with E-state index in [1.807, 2.05) is 0 Å². The molecule has 0 aliphatic carbocycles. The Morgan fingerprint density at radius 2 is 1.67 bits per heavy atom. The highest BCUT2D eigenvalue weighted by atomic mass is 16.3. The van der Waals surface area contributed by atoms with Gasteiger partial charge in [-0.1, -0.05) is 0 Å². The number of phenols is 3. The molecule has 0 saturated carbocycles. The van der Waals surface area contributed by atoms with Gasteiger partial charge in [-0.15, -0.1) is 0 Å². The molecule has 0 aliphatic rings. The molecule has 1 aromatic heterocycles. The monoisotopic (exact) mass is 284 g/mol. The molecular weight excluding hydrogens is 272 g/mol. The number of hydrogen-bond donors (Lipinski definition) is 3. The highest BCUT2D eigenvalue weighted by molar-refractivity contribution is 5.90. The predicted octanol–water partition coefficient (Wildman–Crippen LogP) is 1.81. The molecule has 0 radical (unpaired) electrons. The molecule has 1 heterocycles. The van der Waals surface area contributed by atoms with E-state index in [-0.39, 0.29) is 22.6 Å². The summed E-state index contributed by atoms with van der Waals surface area (Å²) in [4.78, 5) is 12.5. The molecule has 2 aromatic carbocycles. The fourth-order valence-electron chi connectivity index (χ4n) is 2.25. The van der Waals surface area contributed by atoms with E-state index in [1.165, 1.54) is 18.2 Å². The van der Waals surface area contributed by atoms with Crippen LogP contribution >= 0.6 is 0 Å². The normalized spacial score (nSPS) is 10.9. The Hall–Kier alpha value is -3.02. The van der Waals surface area contributed by atoms with Crippen LogP contribution in [-0.2, 0) is 0 Å². The fraction of sp³-hybridized carbons (Fsp3) is 0.0667. The topological polar surface area (TPSA) is 95.6 Å². The first-order valence-electron chi connectivity index (χ1n) is 6.22. The summed E-state index contributed by atoms with van der Waals surface area (Å²) in [7, 11) is 0. The van der Waals surface area contributed by atoms with E-state index in [2.05, 4.69) is 5.10 Å². The number of hydrogen-bond acceptors (Lipinski definition) is 5. The number of benzene rings is 2. The Labute approximate surface area is 119 Å². The third kappa shape index (κ3) is 2.06. The zero-order valence-electron chi connectivity index (χ0n) is 11.1. The van der Waals surface area contributed by atoms with Gasteiger partial charge in [0.2, 0.25) is 0 Å². The van der Waals surface area contributed by atoms with Gasteiger partial charge in [0.25, 0.3) is 5.56 Å². The Kier molecular flexibility index (Phi) is 2.79. The van der Waals surface area contributed by atoms with Crippen LogP contribution in [0.3, 0.4) is 0 Å². The van der Waals surface area contributed by atoms with Gasteiger partial charge < -0.3 is 15.3 Å². The van der Waals surface area contributed by atoms with E-state index in [4.69, 9.17) is 0 Å². The number of rotatable bonds is 1. The number of nitrogens with zero attached hydrogens (tertiary/aromatic N) is 2. The Bertz CT molecular complexity index is 898. The number of fused-ring (bicyclic) bond motifs is 1. The standard InChI is InChI=1S/C15H12N2O4/c1-8-12-6-11(19)7-13(20)14(12)15(21)17(16-8)9-2-4-10(18)5-3-9/h2-7,18-20H,1H3. The van der Waals surface area contributed by atoms with Gasteiger partial charge in [0.05, 0.1) is 16.8 Å². The number of aryl methyl sites for hydroxylation is 1. The van der Waals surface area contributed by atoms with Gasteiger partial charge in [-0.25, -0.2) is 0 Å². The maximum Gasteiger partial charge on any atom is 0.283 e. The van der Waals surface area contributed by atoms with Crippen molar-refractivity contribution in [3.63, 3.8) is 0 Å². The quantitative estimate of drug-likeness (QED) is 0.633. The van der Waals surface area contributed by atoms with Crippen LogP contribution in [0.1, 0.15) is 5.69 Å². The van der Waals surface area contributed by atoms with Crippen molar-refractivity contribution in [1.29, 1.82) is 0 Å². The van der Waals surface area contributed by atoms with Crippen molar-refractivity contribution in [2.75, 3.05) is 0 Å². The van der Waals surface area contributed by atoms with Gasteiger partial charge in [0, 0.05) is 11.5 Å². The third-order valence-electron chi connectivity index (χ3n) is 3.24. The van der Waals surface area contributed by atoms with Crippen LogP contribution in [0.5, 0.6) is 17.2 Å². The van der Waals surface area contributed by atoms with Crippen LogP contribution in [0.15, 0.2) is 41.2 Å². The van der Waals surface area contributed by atoms with Crippen LogP contribution in [0.2, 0.25) is 0 Å². The van der Waals surface area contributed by atoms with E-state index in [0.29, 0.717) is 16.8 Å². The highest BCUT2D eigenvalue weighted by Crippen LogP contribution is 2.28. The summed E-state index contributed by atoms with van der Waals surface area (Å²) in [5.74, 6) is -0.350. The zero-order chi connectivity index (χ0) is 15.1. The molecule has 6 heteroatoms. The summed E-state index contributed by atoms with van der Waals surface area (Å²) >= 11 is 0. The van der Waals surface area contributed by atoms with E-state index in [1.54, 1.807) is 19.1 Å². The Morgan fingerprint density at radius 1 is 1.00 bits per heavy atom. The van der Waals surface area contributed by atoms with Gasteiger partial charge in [-0.3, -0.25) is 4.79 Å². The number of phenolic OH excluding ortho intramolecular Hbond substituents is 3. The lowest BCUT2D eigenvalue weighted by atomic mass is 10.1. The van der Waals surface area contributed by atoms with Crippen LogP contribution in [0.25, 0.3) is 16.5 Å². The molecule has 21 heavy (non-hydrogen) atoms. The van der Waals surface area contributed by atoms with E-state index < -0.39 is 5.56 Å². The first-order chi connectivity index (χ1) is 9.97. The molecule has 0 spiro atoms. The third-order valence-corrected chi connectivity index (χ3v) is 3.24. The molecule has 0 saturated heterocycles. The fourth-order valence-corrected chi connectivity index (χ4v) is 2.25. The van der Waals surface area contributed by atoms with Crippen molar-refractivity contribution in [1.82, 2.24) is 9.78 Å². The molecule has 0 aliphatic heterocycles. The Morgan fingerprint density at radius 3 is 2.33 bits per heavy atom. The van der Waals surface area contributed by atoms with Crippen LogP contribution < -0.4 is 5.56 Å². The van der Waals surface area contributed by atoms with Crippen molar-refractivity contribution < 1.29 is 15.3 Å². The minimum absolute atomic E-state index is 0.0806. The van der Waals surface area contributed by atoms with Gasteiger partial charge in [0.15, 0.2) is 0 Å². The van der Waals surface area contributed by atoms with Gasteiger partial charge in [0.1, 0.15) is 17.2 Å². The van der Waals surface area contributed by atoms with Crippen LogP contribution in [-0.4, -0.2) is 25.1 Å². The Balaban J connectivity index is 2.39. The van der Waals surface area contributed by atoms with E-state index in [9.17, 15) is 20.1 Å². The van der Waals surface area contributed by atoms with Crippen LogP contribution in [0, 0.1) is 6.92 Å². The SMILES string of the molecule is Cc1nn(-c2ccc(O)cc2)c(=O)c2c(O)cc(O)cc12. The van der Waals surface area contributed by atoms with Crippen molar-refractivity contribution in [2.45, 2.75) is 6.92 Å². The molecule has 6 nitrogen and oxygen atoms in total. The van der Waals surface area contributed by atoms with Gasteiger partial charge >= 0.3 is 0 Å². The minimum Gasteiger partial charge on any atom is -0.508 e. The van der Waals surface area contributed by atoms with Gasteiger partial charge in [-0.05, 0) is 37.3 Å². The molecule has 0 fully saturated rings. The molecule has 3 rings (SSSR count). The lowest BCUT2D eigenvalue weighted by Crippen LogP contribution is -2.22. The summed E-state index contributed by atoms with van der Waals surface area (Å²) in [5, 5.41) is 33.4. The molecule has 0 amide bonds. The highest BCUT2D eigenvalue weighted by Gasteiger charge is 2.14. The summed E-state index contributed by atoms with van der Waals surface area (Å²) in [5.41, 5.74) is 0.456. The van der Waals surface area contributed by atoms with E-state index in [0.717, 1.165) is 10.7 Å². The molecule has 0 bridgehead atoms. The smallest absolute Gasteiger partial charge is 0.283 e. The number of aromatic hydroxyl groups is 3. The molecular formula is C15H12N2O4. The average Bonchev–Trinajstić information content (AvgIpc) is 2.43. The van der Waals surface area contributed by atoms with Crippen molar-refractivity contribution in [3.05, 3.63) is 52.4 Å². The largest absolute Gasteiger partial charge is 0.508 e. The summed E-state index contributed by atoms with van der Waals surface area (Å²) < 4.78 is 1.15. The maximum atomic E-state index is 12.5. The second-order valence-electron chi connectivity index (χ2n) is 4.71. The molecule has 0 unspecified atom stereocenters. The lowest BCUT2D eigenvalue weighted by molar-refractivity contribution is 0.454. The molecule has 3 N–H and O–H groups in total. The lowest BCUT2D eigenvalue weighted by Gasteiger charge is -2.10. The number of aromatic nitrogens is 2. The minimum atomic E-state index is -0.501. The summed E-state index contributed by atoms with van der Waals surface area (Å²) in [6.07, 6.45) is 0. The molecule has 106 valence electrons. The first-order valence-corrected chi connectivity index (χ1v) is 6.22. The second-order valence-corrected chi connectivity index (χ2v) is 4.71. The second kappa shape index (κ2) is 4.52. The summed E-state index contributed by atoms with van der Waals surface area (Å²) in [6, 6.07) is 8.49.